The summed E-state index contributed by atoms with van der Waals surface area (Å²) in [5.74, 6) is -0.00929. The topological polar surface area (TPSA) is 97.1 Å². The molecule has 0 spiro atoms. The van der Waals surface area contributed by atoms with Crippen molar-refractivity contribution in [2.45, 2.75) is 19.9 Å². The van der Waals surface area contributed by atoms with Crippen molar-refractivity contribution >= 4 is 23.2 Å². The Bertz CT molecular complexity index is 976. The van der Waals surface area contributed by atoms with Crippen molar-refractivity contribution in [1.82, 2.24) is 35.0 Å². The average molecular weight is 411 g/mol. The van der Waals surface area contributed by atoms with E-state index in [0.29, 0.717) is 26.2 Å². The van der Waals surface area contributed by atoms with Crippen molar-refractivity contribution in [1.29, 1.82) is 0 Å². The summed E-state index contributed by atoms with van der Waals surface area (Å²) in [6, 6.07) is 8.21. The molecular formula is C19H21N7O2S. The molecular weight excluding hydrogens is 390 g/mol. The van der Waals surface area contributed by atoms with Gasteiger partial charge in [-0.1, -0.05) is 29.8 Å². The standard InChI is InChI=1S/C19H21N7O2S/c1-14-2-4-15(5-3-14)19-21-16(12-29-19)10-17(27)24-6-8-25(9-7-24)18(28)11-26-13-20-22-23-26/h2-5,12-13H,6-11H2,1H3. The van der Waals surface area contributed by atoms with E-state index in [4.69, 9.17) is 0 Å². The van der Waals surface area contributed by atoms with Crippen LogP contribution in [0.2, 0.25) is 0 Å². The van der Waals surface area contributed by atoms with Gasteiger partial charge < -0.3 is 9.80 Å². The Morgan fingerprint density at radius 1 is 1.03 bits per heavy atom. The minimum atomic E-state index is -0.0494. The number of carbonyl (C=O) groups is 2. The highest BCUT2D eigenvalue weighted by Gasteiger charge is 2.25. The number of amides is 2. The first-order chi connectivity index (χ1) is 14.1. The predicted molar refractivity (Wildman–Crippen MR) is 107 cm³/mol. The molecule has 0 aliphatic carbocycles. The van der Waals surface area contributed by atoms with Gasteiger partial charge in [-0.3, -0.25) is 9.59 Å². The molecule has 2 amide bonds. The van der Waals surface area contributed by atoms with E-state index in [2.05, 4.69) is 39.6 Å². The van der Waals surface area contributed by atoms with E-state index in [1.54, 1.807) is 21.1 Å². The third-order valence-corrected chi connectivity index (χ3v) is 5.80. The molecule has 0 bridgehead atoms. The number of carbonyl (C=O) groups excluding carboxylic acids is 2. The SMILES string of the molecule is Cc1ccc(-c2nc(CC(=O)N3CCN(C(=O)Cn4cnnn4)CC3)cs2)cc1. The normalized spacial score (nSPS) is 14.2. The Balaban J connectivity index is 1.29. The zero-order chi connectivity index (χ0) is 20.2. The number of aromatic nitrogens is 5. The van der Waals surface area contributed by atoms with Crippen LogP contribution < -0.4 is 0 Å². The summed E-state index contributed by atoms with van der Waals surface area (Å²) >= 11 is 1.55. The van der Waals surface area contributed by atoms with Crippen molar-refractivity contribution in [3.8, 4) is 10.6 Å². The van der Waals surface area contributed by atoms with Gasteiger partial charge in [0.15, 0.2) is 0 Å². The lowest BCUT2D eigenvalue weighted by atomic mass is 10.2. The summed E-state index contributed by atoms with van der Waals surface area (Å²) < 4.78 is 1.40. The molecule has 0 radical (unpaired) electrons. The lowest BCUT2D eigenvalue weighted by Gasteiger charge is -2.34. The second-order valence-electron chi connectivity index (χ2n) is 6.96. The van der Waals surface area contributed by atoms with Gasteiger partial charge in [0.05, 0.1) is 12.1 Å². The van der Waals surface area contributed by atoms with Crippen molar-refractivity contribution in [3.63, 3.8) is 0 Å². The summed E-state index contributed by atoms with van der Waals surface area (Å²) in [5.41, 5.74) is 3.05. The molecule has 1 aromatic carbocycles. The molecule has 3 heterocycles. The molecule has 1 saturated heterocycles. The highest BCUT2D eigenvalue weighted by molar-refractivity contribution is 7.13. The van der Waals surface area contributed by atoms with Crippen molar-refractivity contribution < 1.29 is 9.59 Å². The maximum atomic E-state index is 12.6. The predicted octanol–water partition coefficient (Wildman–Crippen LogP) is 1.02. The van der Waals surface area contributed by atoms with Gasteiger partial charge in [0.2, 0.25) is 11.8 Å². The zero-order valence-electron chi connectivity index (χ0n) is 16.1. The van der Waals surface area contributed by atoms with Crippen LogP contribution in [0, 0.1) is 6.92 Å². The Kier molecular flexibility index (Phi) is 5.61. The number of nitrogens with zero attached hydrogens (tertiary/aromatic N) is 7. The largest absolute Gasteiger partial charge is 0.339 e. The first kappa shape index (κ1) is 19.2. The molecule has 4 rings (SSSR count). The minimum absolute atomic E-state index is 0.0401. The summed E-state index contributed by atoms with van der Waals surface area (Å²) in [7, 11) is 0. The van der Waals surface area contributed by atoms with Gasteiger partial charge >= 0.3 is 0 Å². The van der Waals surface area contributed by atoms with E-state index in [1.807, 2.05) is 17.5 Å². The maximum Gasteiger partial charge on any atom is 0.244 e. The summed E-state index contributed by atoms with van der Waals surface area (Å²) in [4.78, 5) is 33.1. The number of thiazole rings is 1. The van der Waals surface area contributed by atoms with Crippen LogP contribution in [0.15, 0.2) is 36.0 Å². The Morgan fingerprint density at radius 3 is 2.38 bits per heavy atom. The second-order valence-corrected chi connectivity index (χ2v) is 7.81. The molecule has 29 heavy (non-hydrogen) atoms. The van der Waals surface area contributed by atoms with Gasteiger partial charge in [-0.15, -0.1) is 16.4 Å². The van der Waals surface area contributed by atoms with Gasteiger partial charge in [-0.25, -0.2) is 9.67 Å². The van der Waals surface area contributed by atoms with Crippen LogP contribution in [0.5, 0.6) is 0 Å². The Hall–Kier alpha value is -3.14. The number of aryl methyl sites for hydroxylation is 1. The van der Waals surface area contributed by atoms with E-state index in [1.165, 1.54) is 16.6 Å². The number of hydrogen-bond donors (Lipinski definition) is 0. The van der Waals surface area contributed by atoms with Crippen LogP contribution in [-0.2, 0) is 22.6 Å². The smallest absolute Gasteiger partial charge is 0.244 e. The van der Waals surface area contributed by atoms with E-state index in [-0.39, 0.29) is 24.8 Å². The van der Waals surface area contributed by atoms with Crippen LogP contribution in [0.1, 0.15) is 11.3 Å². The molecule has 0 N–H and O–H groups in total. The molecule has 1 aliphatic rings. The molecule has 0 saturated carbocycles. The van der Waals surface area contributed by atoms with E-state index < -0.39 is 0 Å². The van der Waals surface area contributed by atoms with Gasteiger partial charge in [-0.2, -0.15) is 0 Å². The number of tetrazole rings is 1. The monoisotopic (exact) mass is 411 g/mol. The van der Waals surface area contributed by atoms with Gasteiger partial charge in [0, 0.05) is 37.1 Å². The highest BCUT2D eigenvalue weighted by atomic mass is 32.1. The van der Waals surface area contributed by atoms with E-state index in [9.17, 15) is 9.59 Å². The highest BCUT2D eigenvalue weighted by Crippen LogP contribution is 2.24. The molecule has 10 heteroatoms. The Morgan fingerprint density at radius 2 is 1.72 bits per heavy atom. The van der Waals surface area contributed by atoms with Crippen LogP contribution in [-0.4, -0.2) is 73.0 Å². The third-order valence-electron chi connectivity index (χ3n) is 4.86. The second kappa shape index (κ2) is 8.48. The first-order valence-corrected chi connectivity index (χ1v) is 10.2. The van der Waals surface area contributed by atoms with Crippen molar-refractivity contribution in [2.24, 2.45) is 0 Å². The summed E-state index contributed by atoms with van der Waals surface area (Å²) in [6.07, 6.45) is 1.69. The van der Waals surface area contributed by atoms with Crippen LogP contribution >= 0.6 is 11.3 Å². The molecule has 150 valence electrons. The molecule has 0 unspecified atom stereocenters. The summed E-state index contributed by atoms with van der Waals surface area (Å²) in [5, 5.41) is 13.6. The van der Waals surface area contributed by atoms with Crippen LogP contribution in [0.25, 0.3) is 10.6 Å². The molecule has 1 fully saturated rings. The lowest BCUT2D eigenvalue weighted by molar-refractivity contribution is -0.139. The summed E-state index contributed by atoms with van der Waals surface area (Å²) in [6.45, 7) is 4.23. The van der Waals surface area contributed by atoms with Crippen molar-refractivity contribution in [3.05, 3.63) is 47.2 Å². The minimum Gasteiger partial charge on any atom is -0.339 e. The Labute approximate surface area is 172 Å². The fraction of sp³-hybridized carbons (Fsp3) is 0.368. The number of rotatable bonds is 5. The molecule has 9 nitrogen and oxygen atoms in total. The van der Waals surface area contributed by atoms with Crippen molar-refractivity contribution in [2.75, 3.05) is 26.2 Å². The molecule has 0 atom stereocenters. The number of piperazine rings is 1. The van der Waals surface area contributed by atoms with Gasteiger partial charge in [0.25, 0.3) is 0 Å². The zero-order valence-corrected chi connectivity index (χ0v) is 16.9. The van der Waals surface area contributed by atoms with Gasteiger partial charge in [0.1, 0.15) is 17.9 Å². The number of benzene rings is 1. The molecule has 3 aromatic rings. The number of hydrogen-bond acceptors (Lipinski definition) is 7. The first-order valence-electron chi connectivity index (χ1n) is 9.36. The average Bonchev–Trinajstić information content (AvgIpc) is 3.41. The van der Waals surface area contributed by atoms with Crippen LogP contribution in [0.3, 0.4) is 0 Å². The fourth-order valence-corrected chi connectivity index (χ4v) is 4.01. The quantitative estimate of drug-likeness (QED) is 0.622. The fourth-order valence-electron chi connectivity index (χ4n) is 3.18. The maximum absolute atomic E-state index is 12.6. The van der Waals surface area contributed by atoms with Crippen LogP contribution in [0.4, 0.5) is 0 Å². The third kappa shape index (κ3) is 4.65. The van der Waals surface area contributed by atoms with E-state index >= 15 is 0 Å². The van der Waals surface area contributed by atoms with Gasteiger partial charge in [-0.05, 0) is 17.4 Å². The lowest BCUT2D eigenvalue weighted by Crippen LogP contribution is -2.51. The van der Waals surface area contributed by atoms with E-state index in [0.717, 1.165) is 16.3 Å². The molecule has 1 aliphatic heterocycles. The molecule has 2 aromatic heterocycles.